The van der Waals surface area contributed by atoms with Gasteiger partial charge in [0.25, 0.3) is 0 Å². The van der Waals surface area contributed by atoms with E-state index in [1.807, 2.05) is 24.3 Å². The molecule has 0 saturated carbocycles. The number of carboxylic acids is 1. The average molecular weight is 398 g/mol. The van der Waals surface area contributed by atoms with E-state index in [4.69, 9.17) is 21.1 Å². The van der Waals surface area contributed by atoms with Gasteiger partial charge in [-0.25, -0.2) is 0 Å². The van der Waals surface area contributed by atoms with Crippen molar-refractivity contribution in [3.8, 4) is 5.75 Å². The van der Waals surface area contributed by atoms with Crippen LogP contribution in [0.3, 0.4) is 0 Å². The number of anilines is 1. The monoisotopic (exact) mass is 397 g/mol. The topological polar surface area (TPSA) is 61.8 Å². The van der Waals surface area contributed by atoms with E-state index >= 15 is 0 Å². The van der Waals surface area contributed by atoms with E-state index < -0.39 is 5.97 Å². The molecule has 1 aliphatic rings. The molecule has 0 radical (unpaired) electrons. The standard InChI is InChI=1S/C20H22ClNO4.Na/c1-25-10-3-11-26-19-7-6-15(21)12-14(19)13-22-9-8-16-17(20(23)24)4-2-5-18(16)22;/h2,4-7,12H,3,8-11,13H2,1H3,(H,23,24);/q;+1/p-1. The second-order valence-electron chi connectivity index (χ2n) is 6.21. The zero-order valence-electron chi connectivity index (χ0n) is 15.7. The zero-order chi connectivity index (χ0) is 18.5. The molecule has 1 aliphatic heterocycles. The minimum Gasteiger partial charge on any atom is -0.545 e. The number of hydrogen-bond acceptors (Lipinski definition) is 5. The maximum Gasteiger partial charge on any atom is 1.00 e. The number of fused-ring (bicyclic) bond motifs is 1. The van der Waals surface area contributed by atoms with Gasteiger partial charge in [0.1, 0.15) is 5.75 Å². The van der Waals surface area contributed by atoms with E-state index in [0.717, 1.165) is 35.5 Å². The van der Waals surface area contributed by atoms with Gasteiger partial charge in [0.05, 0.1) is 12.6 Å². The van der Waals surface area contributed by atoms with Gasteiger partial charge in [-0.05, 0) is 36.2 Å². The molecule has 5 nitrogen and oxygen atoms in total. The van der Waals surface area contributed by atoms with E-state index in [1.54, 1.807) is 19.2 Å². The number of ether oxygens (including phenoxy) is 2. The molecule has 2 aromatic carbocycles. The predicted octanol–water partition coefficient (Wildman–Crippen LogP) is -0.314. The second kappa shape index (κ2) is 10.3. The van der Waals surface area contributed by atoms with Crippen LogP contribution in [-0.2, 0) is 17.7 Å². The minimum absolute atomic E-state index is 0. The third-order valence-electron chi connectivity index (χ3n) is 4.48. The second-order valence-corrected chi connectivity index (χ2v) is 6.65. The molecule has 0 bridgehead atoms. The molecule has 0 N–H and O–H groups in total. The molecule has 7 heteroatoms. The molecule has 27 heavy (non-hydrogen) atoms. The molecule has 0 atom stereocenters. The number of methoxy groups -OCH3 is 1. The first-order valence-corrected chi connectivity index (χ1v) is 8.96. The first-order valence-electron chi connectivity index (χ1n) is 8.58. The molecule has 0 amide bonds. The van der Waals surface area contributed by atoms with Crippen molar-refractivity contribution in [1.82, 2.24) is 0 Å². The first kappa shape index (κ1) is 22.1. The van der Waals surface area contributed by atoms with Crippen molar-refractivity contribution in [3.63, 3.8) is 0 Å². The third-order valence-corrected chi connectivity index (χ3v) is 4.71. The number of nitrogens with zero attached hydrogens (tertiary/aromatic N) is 1. The van der Waals surface area contributed by atoms with Crippen LogP contribution in [0.25, 0.3) is 0 Å². The molecular weight excluding hydrogens is 377 g/mol. The number of carbonyl (C=O) groups is 1. The van der Waals surface area contributed by atoms with Gasteiger partial charge in [-0.2, -0.15) is 0 Å². The summed E-state index contributed by atoms with van der Waals surface area (Å²) in [5.41, 5.74) is 3.00. The van der Waals surface area contributed by atoms with E-state index in [1.165, 1.54) is 0 Å². The van der Waals surface area contributed by atoms with Gasteiger partial charge in [0, 0.05) is 55.1 Å². The Balaban J connectivity index is 0.00000261. The molecular formula is C20H21ClNNaO4. The Bertz CT molecular complexity index is 800. The van der Waals surface area contributed by atoms with Crippen molar-refractivity contribution in [3.05, 3.63) is 58.1 Å². The maximum atomic E-state index is 11.3. The molecule has 0 aliphatic carbocycles. The molecule has 2 aromatic rings. The Morgan fingerprint density at radius 3 is 2.81 bits per heavy atom. The van der Waals surface area contributed by atoms with Crippen LogP contribution in [0, 0.1) is 0 Å². The molecule has 138 valence electrons. The van der Waals surface area contributed by atoms with Gasteiger partial charge >= 0.3 is 29.6 Å². The van der Waals surface area contributed by atoms with Crippen molar-refractivity contribution in [2.24, 2.45) is 0 Å². The van der Waals surface area contributed by atoms with Gasteiger partial charge in [-0.15, -0.1) is 0 Å². The zero-order valence-corrected chi connectivity index (χ0v) is 18.4. The number of rotatable bonds is 8. The molecule has 1 heterocycles. The Hall–Kier alpha value is -1.24. The van der Waals surface area contributed by atoms with E-state index in [0.29, 0.717) is 31.2 Å². The molecule has 3 rings (SSSR count). The fourth-order valence-electron chi connectivity index (χ4n) is 3.26. The molecule has 0 spiro atoms. The SMILES string of the molecule is COCCCOc1ccc(Cl)cc1CN1CCc2c(C(=O)[O-])cccc21.[Na+]. The summed E-state index contributed by atoms with van der Waals surface area (Å²) < 4.78 is 10.9. The normalized spacial score (nSPS) is 12.4. The van der Waals surface area contributed by atoms with Gasteiger partial charge in [-0.1, -0.05) is 23.7 Å². The van der Waals surface area contributed by atoms with Crippen LogP contribution in [0.2, 0.25) is 5.02 Å². The van der Waals surface area contributed by atoms with Crippen molar-refractivity contribution in [2.75, 3.05) is 31.8 Å². The Morgan fingerprint density at radius 2 is 2.07 bits per heavy atom. The van der Waals surface area contributed by atoms with Crippen LogP contribution >= 0.6 is 11.6 Å². The summed E-state index contributed by atoms with van der Waals surface area (Å²) in [6.45, 7) is 2.56. The number of benzene rings is 2. The van der Waals surface area contributed by atoms with Gasteiger partial charge < -0.3 is 24.3 Å². The number of carboxylic acid groups (broad SMARTS) is 1. The van der Waals surface area contributed by atoms with Crippen LogP contribution in [0.4, 0.5) is 5.69 Å². The van der Waals surface area contributed by atoms with Crippen LogP contribution in [-0.4, -0.2) is 32.8 Å². The Morgan fingerprint density at radius 1 is 1.26 bits per heavy atom. The van der Waals surface area contributed by atoms with Gasteiger partial charge in [0.15, 0.2) is 0 Å². The fraction of sp³-hybridized carbons (Fsp3) is 0.350. The minimum atomic E-state index is -1.13. The number of carbonyl (C=O) groups excluding carboxylic acids is 1. The number of hydrogen-bond donors (Lipinski definition) is 0. The van der Waals surface area contributed by atoms with Crippen molar-refractivity contribution < 1.29 is 48.9 Å². The smallest absolute Gasteiger partial charge is 0.545 e. The summed E-state index contributed by atoms with van der Waals surface area (Å²) in [7, 11) is 1.67. The Labute approximate surface area is 186 Å². The van der Waals surface area contributed by atoms with Crippen LogP contribution in [0.1, 0.15) is 27.9 Å². The van der Waals surface area contributed by atoms with E-state index in [-0.39, 0.29) is 35.1 Å². The van der Waals surface area contributed by atoms with Gasteiger partial charge in [-0.3, -0.25) is 0 Å². The molecule has 0 aromatic heterocycles. The van der Waals surface area contributed by atoms with Gasteiger partial charge in [0.2, 0.25) is 0 Å². The van der Waals surface area contributed by atoms with E-state index in [2.05, 4.69) is 4.90 Å². The fourth-order valence-corrected chi connectivity index (χ4v) is 3.45. The maximum absolute atomic E-state index is 11.3. The molecule has 0 unspecified atom stereocenters. The summed E-state index contributed by atoms with van der Waals surface area (Å²) in [6, 6.07) is 10.9. The summed E-state index contributed by atoms with van der Waals surface area (Å²) in [6.07, 6.45) is 1.49. The summed E-state index contributed by atoms with van der Waals surface area (Å²) in [5.74, 6) is -0.344. The van der Waals surface area contributed by atoms with Crippen molar-refractivity contribution in [1.29, 1.82) is 0 Å². The Kier molecular flexibility index (Phi) is 8.45. The van der Waals surface area contributed by atoms with Crippen LogP contribution < -0.4 is 44.3 Å². The summed E-state index contributed by atoms with van der Waals surface area (Å²) in [4.78, 5) is 13.5. The number of aromatic carboxylic acids is 1. The van der Waals surface area contributed by atoms with Crippen molar-refractivity contribution in [2.45, 2.75) is 19.4 Å². The van der Waals surface area contributed by atoms with Crippen molar-refractivity contribution >= 4 is 23.3 Å². The largest absolute Gasteiger partial charge is 1.00 e. The van der Waals surface area contributed by atoms with Crippen LogP contribution in [0.15, 0.2) is 36.4 Å². The predicted molar refractivity (Wildman–Crippen MR) is 99.0 cm³/mol. The quantitative estimate of drug-likeness (QED) is 0.451. The van der Waals surface area contributed by atoms with E-state index in [9.17, 15) is 9.90 Å². The first-order chi connectivity index (χ1) is 12.6. The average Bonchev–Trinajstić information content (AvgIpc) is 3.03. The molecule has 0 saturated heterocycles. The molecule has 0 fully saturated rings. The number of halogens is 1. The summed E-state index contributed by atoms with van der Waals surface area (Å²) >= 11 is 6.17. The summed E-state index contributed by atoms with van der Waals surface area (Å²) in [5, 5.41) is 12.0. The van der Waals surface area contributed by atoms with Crippen LogP contribution in [0.5, 0.6) is 5.75 Å². The third kappa shape index (κ3) is 5.39.